The first-order valence-electron chi connectivity index (χ1n) is 4.70. The van der Waals surface area contributed by atoms with Crippen LogP contribution in [0.2, 0.25) is 5.02 Å². The molecule has 0 amide bonds. The van der Waals surface area contributed by atoms with Crippen molar-refractivity contribution in [2.75, 3.05) is 0 Å². The Morgan fingerprint density at radius 1 is 1.31 bits per heavy atom. The van der Waals surface area contributed by atoms with Crippen LogP contribution in [-0.4, -0.2) is 16.9 Å². The van der Waals surface area contributed by atoms with Crippen molar-refractivity contribution in [1.29, 1.82) is 0 Å². The van der Waals surface area contributed by atoms with Crippen LogP contribution in [0.3, 0.4) is 0 Å². The molecule has 0 aliphatic rings. The highest BCUT2D eigenvalue weighted by Crippen LogP contribution is 2.16. The maximum atomic E-state index is 13.3. The van der Waals surface area contributed by atoms with E-state index in [0.29, 0.717) is 0 Å². The number of carboxylic acids is 1. The van der Waals surface area contributed by atoms with E-state index in [1.165, 1.54) is 12.1 Å². The highest BCUT2D eigenvalue weighted by molar-refractivity contribution is 6.30. The van der Waals surface area contributed by atoms with Crippen molar-refractivity contribution in [3.8, 4) is 0 Å². The number of hydrogen-bond acceptors (Lipinski definition) is 2. The van der Waals surface area contributed by atoms with E-state index >= 15 is 0 Å². The van der Waals surface area contributed by atoms with Gasteiger partial charge in [-0.2, -0.15) is 0 Å². The van der Waals surface area contributed by atoms with Crippen LogP contribution in [0, 0.1) is 5.82 Å². The molecule has 1 N–H and O–H groups in total. The fourth-order valence-electron chi connectivity index (χ4n) is 1.25. The van der Waals surface area contributed by atoms with Crippen molar-refractivity contribution in [1.82, 2.24) is 0 Å². The second kappa shape index (κ2) is 5.61. The molecule has 86 valence electrons. The van der Waals surface area contributed by atoms with Crippen molar-refractivity contribution < 1.29 is 19.1 Å². The third-order valence-electron chi connectivity index (χ3n) is 2.03. The van der Waals surface area contributed by atoms with Crippen molar-refractivity contribution in [3.05, 3.63) is 34.6 Å². The van der Waals surface area contributed by atoms with Gasteiger partial charge in [-0.25, -0.2) is 4.39 Å². The number of Topliss-reactive ketones (excluding diaryl/α,β-unsaturated/α-hetero) is 1. The first kappa shape index (κ1) is 12.6. The number of carbonyl (C=O) groups is 2. The summed E-state index contributed by atoms with van der Waals surface area (Å²) in [6.07, 6.45) is 0.127. The number of hydrogen-bond donors (Lipinski definition) is 1. The SMILES string of the molecule is O=C(O)CCCC(=O)c1ccc(Cl)cc1F. The molecule has 1 aromatic carbocycles. The second-order valence-electron chi connectivity index (χ2n) is 3.29. The van der Waals surface area contributed by atoms with Crippen LogP contribution < -0.4 is 0 Å². The van der Waals surface area contributed by atoms with E-state index in [0.717, 1.165) is 6.07 Å². The monoisotopic (exact) mass is 244 g/mol. The summed E-state index contributed by atoms with van der Waals surface area (Å²) < 4.78 is 13.3. The Morgan fingerprint density at radius 3 is 2.56 bits per heavy atom. The molecule has 0 bridgehead atoms. The van der Waals surface area contributed by atoms with Gasteiger partial charge in [0.15, 0.2) is 5.78 Å². The standard InChI is InChI=1S/C11H10ClFO3/c12-7-4-5-8(9(13)6-7)10(14)2-1-3-11(15)16/h4-6H,1-3H2,(H,15,16). The third-order valence-corrected chi connectivity index (χ3v) is 2.26. The predicted molar refractivity (Wildman–Crippen MR) is 57.2 cm³/mol. The Morgan fingerprint density at radius 2 is 2.00 bits per heavy atom. The molecule has 0 aliphatic carbocycles. The number of halogens is 2. The Kier molecular flexibility index (Phi) is 4.43. The van der Waals surface area contributed by atoms with Crippen LogP contribution in [0.15, 0.2) is 18.2 Å². The molecule has 16 heavy (non-hydrogen) atoms. The third kappa shape index (κ3) is 3.62. The fourth-order valence-corrected chi connectivity index (χ4v) is 1.41. The minimum atomic E-state index is -0.968. The molecular weight excluding hydrogens is 235 g/mol. The van der Waals surface area contributed by atoms with Gasteiger partial charge >= 0.3 is 5.97 Å². The van der Waals surface area contributed by atoms with Crippen LogP contribution in [0.5, 0.6) is 0 Å². The lowest BCUT2D eigenvalue weighted by Gasteiger charge is -2.02. The van der Waals surface area contributed by atoms with Gasteiger partial charge in [-0.05, 0) is 24.6 Å². The van der Waals surface area contributed by atoms with E-state index in [-0.39, 0.29) is 29.8 Å². The van der Waals surface area contributed by atoms with Crippen LogP contribution >= 0.6 is 11.6 Å². The van der Waals surface area contributed by atoms with E-state index in [1.807, 2.05) is 0 Å². The predicted octanol–water partition coefficient (Wildman–Crippen LogP) is 2.92. The molecule has 0 unspecified atom stereocenters. The molecule has 0 aliphatic heterocycles. The number of rotatable bonds is 5. The normalized spacial score (nSPS) is 10.1. The van der Waals surface area contributed by atoms with Gasteiger partial charge in [0.05, 0.1) is 5.56 Å². The summed E-state index contributed by atoms with van der Waals surface area (Å²) in [5, 5.41) is 8.61. The molecular formula is C11H10ClFO3. The van der Waals surface area contributed by atoms with Gasteiger partial charge in [0.1, 0.15) is 5.82 Å². The molecule has 0 saturated carbocycles. The molecule has 0 heterocycles. The first-order chi connectivity index (χ1) is 7.50. The molecule has 0 saturated heterocycles. The van der Waals surface area contributed by atoms with Crippen molar-refractivity contribution in [2.45, 2.75) is 19.3 Å². The van der Waals surface area contributed by atoms with Crippen LogP contribution in [0.25, 0.3) is 0 Å². The first-order valence-corrected chi connectivity index (χ1v) is 5.08. The van der Waals surface area contributed by atoms with Gasteiger partial charge in [-0.1, -0.05) is 11.6 Å². The summed E-state index contributed by atoms with van der Waals surface area (Å²) in [5.41, 5.74) is -0.0465. The second-order valence-corrected chi connectivity index (χ2v) is 3.73. The lowest BCUT2D eigenvalue weighted by Crippen LogP contribution is -2.04. The average Bonchev–Trinajstić information content (AvgIpc) is 2.16. The zero-order valence-corrected chi connectivity index (χ0v) is 9.13. The lowest BCUT2D eigenvalue weighted by atomic mass is 10.1. The summed E-state index contributed by atoms with van der Waals surface area (Å²) in [6.45, 7) is 0. The number of ketones is 1. The Labute approximate surface area is 96.8 Å². The molecule has 5 heteroatoms. The van der Waals surface area contributed by atoms with Gasteiger partial charge in [0.2, 0.25) is 0 Å². The molecule has 0 fully saturated rings. The summed E-state index contributed by atoms with van der Waals surface area (Å²) in [7, 11) is 0. The lowest BCUT2D eigenvalue weighted by molar-refractivity contribution is -0.137. The number of carboxylic acid groups (broad SMARTS) is 1. The highest BCUT2D eigenvalue weighted by atomic mass is 35.5. The minimum Gasteiger partial charge on any atom is -0.481 e. The number of carbonyl (C=O) groups excluding carboxylic acids is 1. The van der Waals surface area contributed by atoms with Gasteiger partial charge in [-0.15, -0.1) is 0 Å². The summed E-state index contributed by atoms with van der Waals surface area (Å²) in [6, 6.07) is 3.79. The van der Waals surface area contributed by atoms with Gasteiger partial charge in [0.25, 0.3) is 0 Å². The average molecular weight is 245 g/mol. The summed E-state index contributed by atoms with van der Waals surface area (Å²) in [4.78, 5) is 21.7. The maximum absolute atomic E-state index is 13.3. The summed E-state index contributed by atoms with van der Waals surface area (Å²) in [5.74, 6) is -2.05. The topological polar surface area (TPSA) is 54.4 Å². The van der Waals surface area contributed by atoms with Crippen LogP contribution in [0.1, 0.15) is 29.6 Å². The Balaban J connectivity index is 2.63. The minimum absolute atomic E-state index is 0.0187. The molecule has 1 aromatic rings. The van der Waals surface area contributed by atoms with E-state index in [2.05, 4.69) is 0 Å². The number of aliphatic carboxylic acids is 1. The van der Waals surface area contributed by atoms with Crippen molar-refractivity contribution in [2.24, 2.45) is 0 Å². The Bertz CT molecular complexity index is 418. The van der Waals surface area contributed by atoms with E-state index in [1.54, 1.807) is 0 Å². The van der Waals surface area contributed by atoms with E-state index < -0.39 is 17.6 Å². The Hall–Kier alpha value is -1.42. The number of benzene rings is 1. The van der Waals surface area contributed by atoms with Gasteiger partial charge < -0.3 is 5.11 Å². The van der Waals surface area contributed by atoms with Gasteiger partial charge in [-0.3, -0.25) is 9.59 Å². The van der Waals surface area contributed by atoms with Crippen molar-refractivity contribution >= 4 is 23.4 Å². The maximum Gasteiger partial charge on any atom is 0.303 e. The molecule has 1 rings (SSSR count). The van der Waals surface area contributed by atoms with Gasteiger partial charge in [0, 0.05) is 17.9 Å². The summed E-state index contributed by atoms with van der Waals surface area (Å²) >= 11 is 5.54. The molecule has 0 radical (unpaired) electrons. The zero-order valence-electron chi connectivity index (χ0n) is 8.37. The fraction of sp³-hybridized carbons (Fsp3) is 0.273. The molecule has 0 spiro atoms. The quantitative estimate of drug-likeness (QED) is 0.811. The van der Waals surface area contributed by atoms with E-state index in [9.17, 15) is 14.0 Å². The smallest absolute Gasteiger partial charge is 0.303 e. The van der Waals surface area contributed by atoms with Crippen LogP contribution in [0.4, 0.5) is 4.39 Å². The highest BCUT2D eigenvalue weighted by Gasteiger charge is 2.12. The molecule has 0 aromatic heterocycles. The van der Waals surface area contributed by atoms with E-state index in [4.69, 9.17) is 16.7 Å². The largest absolute Gasteiger partial charge is 0.481 e. The van der Waals surface area contributed by atoms with Crippen molar-refractivity contribution in [3.63, 3.8) is 0 Å². The molecule has 3 nitrogen and oxygen atoms in total. The molecule has 0 atom stereocenters. The zero-order chi connectivity index (χ0) is 12.1. The van der Waals surface area contributed by atoms with Crippen LogP contribution in [-0.2, 0) is 4.79 Å².